The number of hydrogen-bond acceptors (Lipinski definition) is 5. The molecular weight excluding hydrogens is 390 g/mol. The number of piperidine rings is 1. The fraction of sp³-hybridized carbons (Fsp3) is 0.320. The van der Waals surface area contributed by atoms with Crippen LogP contribution in [0.25, 0.3) is 11.3 Å². The monoisotopic (exact) mass is 417 g/mol. The van der Waals surface area contributed by atoms with Gasteiger partial charge in [0.15, 0.2) is 0 Å². The number of rotatable bonds is 7. The molecule has 1 aliphatic heterocycles. The van der Waals surface area contributed by atoms with Gasteiger partial charge >= 0.3 is 0 Å². The molecule has 0 bridgehead atoms. The maximum atomic E-state index is 12.8. The SMILES string of the molecule is COc1cccc(-c2nccnc2C2CCCN(C(=O)CCOc3ccccc3)C2)c1. The number of carbonyl (C=O) groups excluding carboxylic acids is 1. The Morgan fingerprint density at radius 2 is 1.87 bits per heavy atom. The number of ether oxygens (including phenoxy) is 2. The molecular formula is C25H27N3O3. The normalized spacial score (nSPS) is 16.0. The third kappa shape index (κ3) is 5.20. The van der Waals surface area contributed by atoms with Gasteiger partial charge in [-0.2, -0.15) is 0 Å². The molecule has 31 heavy (non-hydrogen) atoms. The van der Waals surface area contributed by atoms with Crippen LogP contribution in [0.3, 0.4) is 0 Å². The third-order valence-electron chi connectivity index (χ3n) is 5.56. The van der Waals surface area contributed by atoms with Crippen molar-refractivity contribution < 1.29 is 14.3 Å². The van der Waals surface area contributed by atoms with Crippen molar-refractivity contribution in [3.63, 3.8) is 0 Å². The Bertz CT molecular complexity index is 1010. The first-order valence-electron chi connectivity index (χ1n) is 10.7. The number of nitrogens with zero attached hydrogens (tertiary/aromatic N) is 3. The van der Waals surface area contributed by atoms with Crippen molar-refractivity contribution in [2.24, 2.45) is 0 Å². The average Bonchev–Trinajstić information content (AvgIpc) is 2.85. The van der Waals surface area contributed by atoms with Crippen LogP contribution in [0, 0.1) is 0 Å². The summed E-state index contributed by atoms with van der Waals surface area (Å²) in [6.07, 6.45) is 5.74. The van der Waals surface area contributed by atoms with Crippen molar-refractivity contribution >= 4 is 5.91 Å². The summed E-state index contributed by atoms with van der Waals surface area (Å²) in [5.74, 6) is 1.84. The molecule has 6 heteroatoms. The Morgan fingerprint density at radius 1 is 1.06 bits per heavy atom. The van der Waals surface area contributed by atoms with Gasteiger partial charge in [-0.25, -0.2) is 0 Å². The molecule has 2 heterocycles. The summed E-state index contributed by atoms with van der Waals surface area (Å²) >= 11 is 0. The first-order valence-corrected chi connectivity index (χ1v) is 10.7. The molecule has 6 nitrogen and oxygen atoms in total. The van der Waals surface area contributed by atoms with Crippen LogP contribution in [0.5, 0.6) is 11.5 Å². The van der Waals surface area contributed by atoms with E-state index < -0.39 is 0 Å². The minimum atomic E-state index is 0.118. The lowest BCUT2D eigenvalue weighted by Gasteiger charge is -2.33. The summed E-state index contributed by atoms with van der Waals surface area (Å²) in [7, 11) is 1.66. The first kappa shape index (κ1) is 20.8. The molecule has 3 aromatic rings. The number of benzene rings is 2. The summed E-state index contributed by atoms with van der Waals surface area (Å²) in [4.78, 5) is 24.0. The maximum Gasteiger partial charge on any atom is 0.226 e. The predicted octanol–water partition coefficient (Wildman–Crippen LogP) is 4.33. The van der Waals surface area contributed by atoms with Gasteiger partial charge in [0.2, 0.25) is 5.91 Å². The molecule has 0 saturated carbocycles. The lowest BCUT2D eigenvalue weighted by Crippen LogP contribution is -2.40. The molecule has 0 radical (unpaired) electrons. The van der Waals surface area contributed by atoms with E-state index in [4.69, 9.17) is 9.47 Å². The molecule has 1 aliphatic rings. The Kier molecular flexibility index (Phi) is 6.77. The van der Waals surface area contributed by atoms with Gasteiger partial charge in [0.25, 0.3) is 0 Å². The second-order valence-corrected chi connectivity index (χ2v) is 7.61. The number of para-hydroxylation sites is 1. The second kappa shape index (κ2) is 10.1. The summed E-state index contributed by atoms with van der Waals surface area (Å²) in [6.45, 7) is 1.81. The molecule has 1 atom stereocenters. The van der Waals surface area contributed by atoms with Gasteiger partial charge in [0.1, 0.15) is 11.5 Å². The van der Waals surface area contributed by atoms with E-state index in [1.54, 1.807) is 19.5 Å². The van der Waals surface area contributed by atoms with Gasteiger partial charge < -0.3 is 14.4 Å². The van der Waals surface area contributed by atoms with Crippen LogP contribution in [0.15, 0.2) is 67.0 Å². The quantitative estimate of drug-likeness (QED) is 0.573. The van der Waals surface area contributed by atoms with E-state index in [0.717, 1.165) is 47.8 Å². The fourth-order valence-electron chi connectivity index (χ4n) is 4.00. The third-order valence-corrected chi connectivity index (χ3v) is 5.56. The van der Waals surface area contributed by atoms with Crippen LogP contribution in [0.4, 0.5) is 0 Å². The molecule has 1 unspecified atom stereocenters. The van der Waals surface area contributed by atoms with E-state index in [1.165, 1.54) is 0 Å². The van der Waals surface area contributed by atoms with Gasteiger partial charge in [-0.05, 0) is 37.1 Å². The minimum absolute atomic E-state index is 0.118. The van der Waals surface area contributed by atoms with Gasteiger partial charge in [0.05, 0.1) is 31.5 Å². The summed E-state index contributed by atoms with van der Waals surface area (Å²) < 4.78 is 11.1. The number of carbonyl (C=O) groups is 1. The molecule has 4 rings (SSSR count). The molecule has 0 spiro atoms. The van der Waals surface area contributed by atoms with E-state index in [0.29, 0.717) is 19.6 Å². The summed E-state index contributed by atoms with van der Waals surface area (Å²) in [5, 5.41) is 0. The molecule has 160 valence electrons. The lowest BCUT2D eigenvalue weighted by molar-refractivity contribution is -0.132. The van der Waals surface area contributed by atoms with E-state index >= 15 is 0 Å². The van der Waals surface area contributed by atoms with Crippen molar-refractivity contribution in [3.8, 4) is 22.8 Å². The van der Waals surface area contributed by atoms with Crippen LogP contribution < -0.4 is 9.47 Å². The average molecular weight is 418 g/mol. The number of methoxy groups -OCH3 is 1. The number of likely N-dealkylation sites (tertiary alicyclic amines) is 1. The smallest absolute Gasteiger partial charge is 0.226 e. The lowest BCUT2D eigenvalue weighted by atomic mass is 9.91. The number of hydrogen-bond donors (Lipinski definition) is 0. The van der Waals surface area contributed by atoms with Crippen LogP contribution >= 0.6 is 0 Å². The van der Waals surface area contributed by atoms with Gasteiger partial charge in [-0.1, -0.05) is 30.3 Å². The molecule has 1 saturated heterocycles. The Balaban J connectivity index is 1.43. The van der Waals surface area contributed by atoms with E-state index in [2.05, 4.69) is 9.97 Å². The summed E-state index contributed by atoms with van der Waals surface area (Å²) in [6, 6.07) is 17.4. The van der Waals surface area contributed by atoms with Gasteiger partial charge in [-0.3, -0.25) is 14.8 Å². The largest absolute Gasteiger partial charge is 0.497 e. The Hall–Kier alpha value is -3.41. The molecule has 0 N–H and O–H groups in total. The topological polar surface area (TPSA) is 64.6 Å². The van der Waals surface area contributed by atoms with Crippen molar-refractivity contribution in [2.45, 2.75) is 25.2 Å². The second-order valence-electron chi connectivity index (χ2n) is 7.61. The van der Waals surface area contributed by atoms with E-state index in [-0.39, 0.29) is 11.8 Å². The van der Waals surface area contributed by atoms with Crippen LogP contribution in [-0.4, -0.2) is 47.6 Å². The van der Waals surface area contributed by atoms with Crippen LogP contribution in [-0.2, 0) is 4.79 Å². The number of amides is 1. The van der Waals surface area contributed by atoms with Crippen molar-refractivity contribution in [1.82, 2.24) is 14.9 Å². The molecule has 2 aromatic carbocycles. The zero-order valence-corrected chi connectivity index (χ0v) is 17.7. The zero-order valence-electron chi connectivity index (χ0n) is 17.7. The Labute approximate surface area is 182 Å². The highest BCUT2D eigenvalue weighted by Gasteiger charge is 2.28. The first-order chi connectivity index (χ1) is 15.2. The highest BCUT2D eigenvalue weighted by atomic mass is 16.5. The molecule has 1 amide bonds. The van der Waals surface area contributed by atoms with E-state index in [9.17, 15) is 4.79 Å². The fourth-order valence-corrected chi connectivity index (χ4v) is 4.00. The number of aromatic nitrogens is 2. The highest BCUT2D eigenvalue weighted by molar-refractivity contribution is 5.76. The molecule has 0 aliphatic carbocycles. The van der Waals surface area contributed by atoms with Crippen molar-refractivity contribution in [1.29, 1.82) is 0 Å². The summed E-state index contributed by atoms with van der Waals surface area (Å²) in [5.41, 5.74) is 2.77. The predicted molar refractivity (Wildman–Crippen MR) is 119 cm³/mol. The Morgan fingerprint density at radius 3 is 2.71 bits per heavy atom. The van der Waals surface area contributed by atoms with Crippen molar-refractivity contribution in [2.75, 3.05) is 26.8 Å². The standard InChI is InChI=1S/C25H27N3O3/c1-30-22-11-5-7-19(17-22)24-25(27-14-13-26-24)20-8-6-15-28(18-20)23(29)12-16-31-21-9-3-2-4-10-21/h2-5,7,9-11,13-14,17,20H,6,8,12,15-16,18H2,1H3. The van der Waals surface area contributed by atoms with Crippen LogP contribution in [0.1, 0.15) is 30.9 Å². The minimum Gasteiger partial charge on any atom is -0.497 e. The zero-order chi connectivity index (χ0) is 21.5. The van der Waals surface area contributed by atoms with Gasteiger partial charge in [0, 0.05) is 37.0 Å². The highest BCUT2D eigenvalue weighted by Crippen LogP contribution is 2.33. The molecule has 1 aromatic heterocycles. The maximum absolute atomic E-state index is 12.8. The van der Waals surface area contributed by atoms with Crippen molar-refractivity contribution in [3.05, 3.63) is 72.7 Å². The molecule has 1 fully saturated rings. The van der Waals surface area contributed by atoms with E-state index in [1.807, 2.05) is 59.5 Å². The van der Waals surface area contributed by atoms with Gasteiger partial charge in [-0.15, -0.1) is 0 Å². The van der Waals surface area contributed by atoms with Crippen LogP contribution in [0.2, 0.25) is 0 Å².